The van der Waals surface area contributed by atoms with Gasteiger partial charge in [0.2, 0.25) is 0 Å². The zero-order chi connectivity index (χ0) is 16.1. The molecule has 0 aliphatic rings. The fourth-order valence-electron chi connectivity index (χ4n) is 1.95. The molecule has 1 aromatic carbocycles. The zero-order valence-corrected chi connectivity index (χ0v) is 13.0. The molecule has 0 radical (unpaired) electrons. The highest BCUT2D eigenvalue weighted by atomic mass is 79.9. The van der Waals surface area contributed by atoms with Gasteiger partial charge in [0.25, 0.3) is 5.91 Å². The van der Waals surface area contributed by atoms with Crippen LogP contribution in [0.5, 0.6) is 0 Å². The van der Waals surface area contributed by atoms with Gasteiger partial charge in [0.1, 0.15) is 5.82 Å². The van der Waals surface area contributed by atoms with Crippen LogP contribution in [0.1, 0.15) is 35.0 Å². The summed E-state index contributed by atoms with van der Waals surface area (Å²) in [5.41, 5.74) is 0.627. The summed E-state index contributed by atoms with van der Waals surface area (Å²) >= 11 is 3.10. The Balaban J connectivity index is 2.14. The Morgan fingerprint density at radius 2 is 1.91 bits per heavy atom. The number of amides is 1. The first-order chi connectivity index (χ1) is 10.5. The molecule has 0 spiro atoms. The lowest BCUT2D eigenvalue weighted by Crippen LogP contribution is -2.28. The number of furan rings is 1. The third-order valence-electron chi connectivity index (χ3n) is 3.02. The molecular formula is C15H13BrFNO4. The van der Waals surface area contributed by atoms with E-state index in [-0.39, 0.29) is 18.6 Å². The average Bonchev–Trinajstić information content (AvgIpc) is 2.91. The lowest BCUT2D eigenvalue weighted by atomic mass is 10.0. The molecule has 1 heterocycles. The van der Waals surface area contributed by atoms with Crippen molar-refractivity contribution >= 4 is 27.8 Å². The first-order valence-electron chi connectivity index (χ1n) is 6.49. The summed E-state index contributed by atoms with van der Waals surface area (Å²) in [5.74, 6) is -1.73. The standard InChI is InChI=1S/C15H13BrFNO4/c16-13-7-6-12(22-13)15(21)18-11(5-8-14(19)20)9-1-3-10(17)4-2-9/h1-4,6-7,11H,5,8H2,(H,18,21)(H,19,20). The molecule has 0 bridgehead atoms. The molecule has 2 rings (SSSR count). The van der Waals surface area contributed by atoms with E-state index in [1.807, 2.05) is 0 Å². The Hall–Kier alpha value is -2.15. The third kappa shape index (κ3) is 4.42. The van der Waals surface area contributed by atoms with Crippen LogP contribution in [0, 0.1) is 5.82 Å². The largest absolute Gasteiger partial charge is 0.481 e. The van der Waals surface area contributed by atoms with Crippen molar-refractivity contribution in [2.24, 2.45) is 0 Å². The SMILES string of the molecule is O=C(O)CCC(NC(=O)c1ccc(Br)o1)c1ccc(F)cc1. The van der Waals surface area contributed by atoms with Crippen molar-refractivity contribution in [3.8, 4) is 0 Å². The minimum Gasteiger partial charge on any atom is -0.481 e. The summed E-state index contributed by atoms with van der Waals surface area (Å²) in [6.45, 7) is 0. The van der Waals surface area contributed by atoms with Crippen LogP contribution in [-0.4, -0.2) is 17.0 Å². The van der Waals surface area contributed by atoms with Crippen molar-refractivity contribution in [1.29, 1.82) is 0 Å². The predicted octanol–water partition coefficient (Wildman–Crippen LogP) is 3.52. The van der Waals surface area contributed by atoms with Crippen LogP contribution >= 0.6 is 15.9 Å². The lowest BCUT2D eigenvalue weighted by Gasteiger charge is -2.18. The Kier molecular flexibility index (Phi) is 5.32. The second-order valence-corrected chi connectivity index (χ2v) is 5.40. The van der Waals surface area contributed by atoms with Crippen molar-refractivity contribution in [3.05, 3.63) is 58.2 Å². The molecule has 2 N–H and O–H groups in total. The number of carbonyl (C=O) groups is 2. The molecule has 0 aliphatic carbocycles. The van der Waals surface area contributed by atoms with Crippen LogP contribution in [0.15, 0.2) is 45.5 Å². The highest BCUT2D eigenvalue weighted by Gasteiger charge is 2.19. The predicted molar refractivity (Wildman–Crippen MR) is 79.9 cm³/mol. The van der Waals surface area contributed by atoms with Gasteiger partial charge < -0.3 is 14.8 Å². The van der Waals surface area contributed by atoms with E-state index in [4.69, 9.17) is 9.52 Å². The van der Waals surface area contributed by atoms with Gasteiger partial charge >= 0.3 is 5.97 Å². The van der Waals surface area contributed by atoms with Crippen LogP contribution in [0.2, 0.25) is 0 Å². The van der Waals surface area contributed by atoms with E-state index in [0.29, 0.717) is 10.2 Å². The maximum absolute atomic E-state index is 13.0. The fraction of sp³-hybridized carbons (Fsp3) is 0.200. The number of carbonyl (C=O) groups excluding carboxylic acids is 1. The number of benzene rings is 1. The highest BCUT2D eigenvalue weighted by Crippen LogP contribution is 2.21. The number of rotatable bonds is 6. The molecule has 0 saturated heterocycles. The molecule has 0 aliphatic heterocycles. The Morgan fingerprint density at radius 1 is 1.23 bits per heavy atom. The molecule has 1 aromatic heterocycles. The van der Waals surface area contributed by atoms with E-state index >= 15 is 0 Å². The normalized spacial score (nSPS) is 11.9. The molecule has 0 saturated carbocycles. The van der Waals surface area contributed by atoms with E-state index in [1.54, 1.807) is 6.07 Å². The first-order valence-corrected chi connectivity index (χ1v) is 7.28. The quantitative estimate of drug-likeness (QED) is 0.816. The smallest absolute Gasteiger partial charge is 0.303 e. The average molecular weight is 370 g/mol. The number of nitrogens with one attached hydrogen (secondary N) is 1. The molecule has 1 unspecified atom stereocenters. The molecule has 1 atom stereocenters. The number of hydrogen-bond donors (Lipinski definition) is 2. The summed E-state index contributed by atoms with van der Waals surface area (Å²) in [4.78, 5) is 22.9. The minimum atomic E-state index is -0.970. The molecule has 2 aromatic rings. The Morgan fingerprint density at radius 3 is 2.45 bits per heavy atom. The van der Waals surface area contributed by atoms with E-state index in [0.717, 1.165) is 0 Å². The summed E-state index contributed by atoms with van der Waals surface area (Å²) in [7, 11) is 0. The van der Waals surface area contributed by atoms with Crippen LogP contribution in [0.25, 0.3) is 0 Å². The van der Waals surface area contributed by atoms with Gasteiger partial charge in [0.05, 0.1) is 6.04 Å². The number of carboxylic acid groups (broad SMARTS) is 1. The monoisotopic (exact) mass is 369 g/mol. The Bertz CT molecular complexity index is 668. The van der Waals surface area contributed by atoms with Crippen molar-refractivity contribution in [1.82, 2.24) is 5.32 Å². The van der Waals surface area contributed by atoms with Gasteiger partial charge in [0.15, 0.2) is 10.4 Å². The molecule has 116 valence electrons. The maximum Gasteiger partial charge on any atom is 0.303 e. The Labute approximate surface area is 134 Å². The summed E-state index contributed by atoms with van der Waals surface area (Å²) in [5, 5.41) is 11.5. The van der Waals surface area contributed by atoms with Gasteiger partial charge in [-0.15, -0.1) is 0 Å². The summed E-state index contributed by atoms with van der Waals surface area (Å²) in [6.07, 6.45) is 0.0682. The second-order valence-electron chi connectivity index (χ2n) is 4.61. The molecule has 1 amide bonds. The van der Waals surface area contributed by atoms with Crippen molar-refractivity contribution in [2.45, 2.75) is 18.9 Å². The summed E-state index contributed by atoms with van der Waals surface area (Å²) < 4.78 is 18.6. The fourth-order valence-corrected chi connectivity index (χ4v) is 2.26. The van der Waals surface area contributed by atoms with Crippen molar-refractivity contribution < 1.29 is 23.5 Å². The number of hydrogen-bond acceptors (Lipinski definition) is 3. The molecular weight excluding hydrogens is 357 g/mol. The lowest BCUT2D eigenvalue weighted by molar-refractivity contribution is -0.137. The molecule has 5 nitrogen and oxygen atoms in total. The highest BCUT2D eigenvalue weighted by molar-refractivity contribution is 9.10. The van der Waals surface area contributed by atoms with Gasteiger partial charge in [-0.3, -0.25) is 9.59 Å². The van der Waals surface area contributed by atoms with Gasteiger partial charge in [-0.25, -0.2) is 4.39 Å². The first kappa shape index (κ1) is 16.2. The molecule has 7 heteroatoms. The minimum absolute atomic E-state index is 0.106. The van der Waals surface area contributed by atoms with Gasteiger partial charge in [-0.2, -0.15) is 0 Å². The molecule has 22 heavy (non-hydrogen) atoms. The topological polar surface area (TPSA) is 79.5 Å². The number of halogens is 2. The second kappa shape index (κ2) is 7.22. The third-order valence-corrected chi connectivity index (χ3v) is 3.45. The van der Waals surface area contributed by atoms with Gasteiger partial charge in [0, 0.05) is 6.42 Å². The van der Waals surface area contributed by atoms with Crippen molar-refractivity contribution in [3.63, 3.8) is 0 Å². The number of carboxylic acids is 1. The molecule has 0 fully saturated rings. The van der Waals surface area contributed by atoms with Gasteiger partial charge in [-0.05, 0) is 52.2 Å². The summed E-state index contributed by atoms with van der Waals surface area (Å²) in [6, 6.07) is 8.09. The zero-order valence-electron chi connectivity index (χ0n) is 11.4. The van der Waals surface area contributed by atoms with Crippen LogP contribution in [0.3, 0.4) is 0 Å². The van der Waals surface area contributed by atoms with E-state index in [9.17, 15) is 14.0 Å². The number of aliphatic carboxylic acids is 1. The van der Waals surface area contributed by atoms with Gasteiger partial charge in [-0.1, -0.05) is 12.1 Å². The van der Waals surface area contributed by atoms with E-state index in [2.05, 4.69) is 21.2 Å². The van der Waals surface area contributed by atoms with Crippen LogP contribution in [-0.2, 0) is 4.79 Å². The van der Waals surface area contributed by atoms with Crippen LogP contribution < -0.4 is 5.32 Å². The van der Waals surface area contributed by atoms with Crippen LogP contribution in [0.4, 0.5) is 4.39 Å². The van der Waals surface area contributed by atoms with E-state index in [1.165, 1.54) is 30.3 Å². The van der Waals surface area contributed by atoms with Crippen molar-refractivity contribution in [2.75, 3.05) is 0 Å². The maximum atomic E-state index is 13.0. The van der Waals surface area contributed by atoms with E-state index < -0.39 is 23.7 Å².